The molecule has 0 aromatic carbocycles. The highest BCUT2D eigenvalue weighted by Crippen LogP contribution is 2.20. The zero-order valence-corrected chi connectivity index (χ0v) is 32.2. The molecule has 0 atom stereocenters. The van der Waals surface area contributed by atoms with Gasteiger partial charge in [0.15, 0.2) is 0 Å². The molecule has 8 nitrogen and oxygen atoms in total. The summed E-state index contributed by atoms with van der Waals surface area (Å²) in [4.78, 5) is 35.9. The maximum absolute atomic E-state index is 10.6. The van der Waals surface area contributed by atoms with Crippen molar-refractivity contribution >= 4 is 19.6 Å². The Morgan fingerprint density at radius 3 is 0.681 bits per heavy atom. The lowest BCUT2D eigenvalue weighted by Crippen LogP contribution is -2.09. The van der Waals surface area contributed by atoms with Crippen molar-refractivity contribution in [3.05, 3.63) is 13.2 Å². The standard InChI is InChI=1S/2C18H37NO.C2H4.H4NO3P/c2*1-2-3-4-5-6-7-8-9-10-11-12-13-14-15-16-17-18(19)20;1-2;1-5(2,3)4/h2*2-17H2,1H3,(H2,19,20);1-2H2;(H4,1,2,3,4). The van der Waals surface area contributed by atoms with E-state index in [0.717, 1.165) is 12.8 Å². The molecule has 0 unspecified atom stereocenters. The predicted octanol–water partition coefficient (Wildman–Crippen LogP) is 11.3. The van der Waals surface area contributed by atoms with Gasteiger partial charge >= 0.3 is 7.75 Å². The normalized spacial score (nSPS) is 10.6. The second-order valence-electron chi connectivity index (χ2n) is 12.9. The zero-order chi connectivity index (χ0) is 36.3. The molecular weight excluding hydrogens is 609 g/mol. The summed E-state index contributed by atoms with van der Waals surface area (Å²) in [5, 5.41) is 0. The van der Waals surface area contributed by atoms with Crippen LogP contribution in [0.3, 0.4) is 0 Å². The Labute approximate surface area is 292 Å². The summed E-state index contributed by atoms with van der Waals surface area (Å²) in [6, 6.07) is 0. The fourth-order valence-corrected chi connectivity index (χ4v) is 5.34. The first-order valence-corrected chi connectivity index (χ1v) is 21.1. The number of carbonyl (C=O) groups excluding carboxylic acids is 2. The molecule has 0 rings (SSSR count). The molecule has 0 spiro atoms. The van der Waals surface area contributed by atoms with Crippen LogP contribution < -0.4 is 17.0 Å². The maximum Gasteiger partial charge on any atom is 0.397 e. The van der Waals surface area contributed by atoms with Crippen LogP contribution in [0.2, 0.25) is 0 Å². The molecule has 47 heavy (non-hydrogen) atoms. The molecule has 0 aliphatic carbocycles. The highest BCUT2D eigenvalue weighted by atomic mass is 31.2. The third kappa shape index (κ3) is 76.3. The lowest BCUT2D eigenvalue weighted by atomic mass is 10.0. The van der Waals surface area contributed by atoms with Crippen molar-refractivity contribution in [2.75, 3.05) is 0 Å². The highest BCUT2D eigenvalue weighted by Gasteiger charge is 1.98. The van der Waals surface area contributed by atoms with E-state index in [4.69, 9.17) is 25.8 Å². The molecule has 0 radical (unpaired) electrons. The van der Waals surface area contributed by atoms with Gasteiger partial charge in [0.05, 0.1) is 0 Å². The van der Waals surface area contributed by atoms with Crippen LogP contribution in [-0.2, 0) is 14.2 Å². The minimum atomic E-state index is -4.14. The van der Waals surface area contributed by atoms with E-state index in [1.807, 2.05) is 0 Å². The van der Waals surface area contributed by atoms with Crippen LogP contribution in [0, 0.1) is 0 Å². The van der Waals surface area contributed by atoms with Gasteiger partial charge in [-0.05, 0) is 12.8 Å². The quantitative estimate of drug-likeness (QED) is 0.0267. The summed E-state index contributed by atoms with van der Waals surface area (Å²) in [5.41, 5.74) is 14.2. The summed E-state index contributed by atoms with van der Waals surface area (Å²) in [6.07, 6.45) is 41.8. The number of rotatable bonds is 32. The fourth-order valence-electron chi connectivity index (χ4n) is 5.34. The van der Waals surface area contributed by atoms with Gasteiger partial charge in [-0.25, -0.2) is 10.1 Å². The average molecular weight is 692 g/mol. The summed E-state index contributed by atoms with van der Waals surface area (Å²) >= 11 is 0. The molecule has 0 aromatic heterocycles. The minimum Gasteiger partial charge on any atom is -0.370 e. The number of primary amides is 2. The van der Waals surface area contributed by atoms with Crippen LogP contribution in [0.5, 0.6) is 0 Å². The Balaban J connectivity index is -0.000000328. The molecule has 0 saturated heterocycles. The van der Waals surface area contributed by atoms with Gasteiger partial charge in [-0.3, -0.25) is 9.59 Å². The molecule has 2 amide bonds. The van der Waals surface area contributed by atoms with E-state index in [2.05, 4.69) is 32.5 Å². The van der Waals surface area contributed by atoms with Crippen LogP contribution in [0.15, 0.2) is 13.2 Å². The lowest BCUT2D eigenvalue weighted by Gasteiger charge is -2.03. The first kappa shape index (κ1) is 52.6. The first-order chi connectivity index (χ1) is 22.5. The Morgan fingerprint density at radius 1 is 0.426 bits per heavy atom. The van der Waals surface area contributed by atoms with Crippen molar-refractivity contribution in [3.63, 3.8) is 0 Å². The van der Waals surface area contributed by atoms with E-state index >= 15 is 0 Å². The second kappa shape index (κ2) is 46.9. The van der Waals surface area contributed by atoms with Crippen molar-refractivity contribution in [1.82, 2.24) is 0 Å². The van der Waals surface area contributed by atoms with Crippen LogP contribution in [0.1, 0.15) is 219 Å². The van der Waals surface area contributed by atoms with Gasteiger partial charge in [0, 0.05) is 12.8 Å². The van der Waals surface area contributed by atoms with Gasteiger partial charge in [-0.1, -0.05) is 194 Å². The summed E-state index contributed by atoms with van der Waals surface area (Å²) in [5.74, 6) is -0.306. The smallest absolute Gasteiger partial charge is 0.370 e. The monoisotopic (exact) mass is 692 g/mol. The summed E-state index contributed by atoms with van der Waals surface area (Å²) < 4.78 is 9.10. The molecule has 0 aliphatic heterocycles. The molecule has 0 aliphatic rings. The third-order valence-corrected chi connectivity index (χ3v) is 8.05. The van der Waals surface area contributed by atoms with E-state index in [1.165, 1.54) is 180 Å². The van der Waals surface area contributed by atoms with Gasteiger partial charge in [0.2, 0.25) is 11.8 Å². The number of unbranched alkanes of at least 4 members (excludes halogenated alkanes) is 28. The second-order valence-corrected chi connectivity index (χ2v) is 14.1. The third-order valence-electron chi connectivity index (χ3n) is 8.05. The number of amides is 2. The molecule has 0 heterocycles. The SMILES string of the molecule is C=C.CCCCCCCCCCCCCCCCCC(N)=O.CCCCCCCCCCCCCCCCCC(N)=O.NP(=O)(O)O. The molecule has 0 fully saturated rings. The van der Waals surface area contributed by atoms with Crippen molar-refractivity contribution < 1.29 is 23.9 Å². The van der Waals surface area contributed by atoms with Crippen LogP contribution in [0.4, 0.5) is 0 Å². The van der Waals surface area contributed by atoms with E-state index in [9.17, 15) is 9.59 Å². The lowest BCUT2D eigenvalue weighted by molar-refractivity contribution is -0.119. The largest absolute Gasteiger partial charge is 0.397 e. The van der Waals surface area contributed by atoms with E-state index in [1.54, 1.807) is 0 Å². The van der Waals surface area contributed by atoms with Gasteiger partial charge in [-0.15, -0.1) is 13.2 Å². The minimum absolute atomic E-state index is 0.153. The Bertz CT molecular complexity index is 609. The molecule has 0 bridgehead atoms. The van der Waals surface area contributed by atoms with E-state index in [-0.39, 0.29) is 11.8 Å². The Hall–Kier alpha value is -1.21. The number of nitrogens with two attached hydrogens (primary N) is 3. The number of hydrogen-bond acceptors (Lipinski definition) is 3. The molecule has 284 valence electrons. The molecule has 0 saturated carbocycles. The molecule has 0 aromatic rings. The zero-order valence-electron chi connectivity index (χ0n) is 31.3. The van der Waals surface area contributed by atoms with Crippen LogP contribution >= 0.6 is 7.75 Å². The van der Waals surface area contributed by atoms with Gasteiger partial charge in [0.25, 0.3) is 0 Å². The molecule has 9 heteroatoms. The highest BCUT2D eigenvalue weighted by molar-refractivity contribution is 7.49. The van der Waals surface area contributed by atoms with Crippen LogP contribution in [-0.4, -0.2) is 21.6 Å². The van der Waals surface area contributed by atoms with Gasteiger partial charge in [-0.2, -0.15) is 0 Å². The van der Waals surface area contributed by atoms with E-state index < -0.39 is 7.75 Å². The number of hydrogen-bond donors (Lipinski definition) is 5. The van der Waals surface area contributed by atoms with Crippen LogP contribution in [0.25, 0.3) is 0 Å². The Morgan fingerprint density at radius 2 is 0.553 bits per heavy atom. The van der Waals surface area contributed by atoms with Crippen molar-refractivity contribution in [3.8, 4) is 0 Å². The first-order valence-electron chi connectivity index (χ1n) is 19.4. The molecule has 8 N–H and O–H groups in total. The summed E-state index contributed by atoms with van der Waals surface area (Å²) in [6.45, 7) is 10.6. The van der Waals surface area contributed by atoms with Crippen molar-refractivity contribution in [1.29, 1.82) is 0 Å². The maximum atomic E-state index is 10.6. The van der Waals surface area contributed by atoms with Gasteiger partial charge in [0.1, 0.15) is 0 Å². The Kier molecular flexibility index (Phi) is 52.5. The van der Waals surface area contributed by atoms with E-state index in [0.29, 0.717) is 12.8 Å². The summed E-state index contributed by atoms with van der Waals surface area (Å²) in [7, 11) is -4.14. The predicted molar refractivity (Wildman–Crippen MR) is 205 cm³/mol. The molecular formula is C38H82N3O5P. The topological polar surface area (TPSA) is 170 Å². The van der Waals surface area contributed by atoms with Crippen molar-refractivity contribution in [2.24, 2.45) is 17.0 Å². The fraction of sp³-hybridized carbons (Fsp3) is 0.895. The average Bonchev–Trinajstić information content (AvgIpc) is 3.01. The van der Waals surface area contributed by atoms with Crippen molar-refractivity contribution in [2.45, 2.75) is 219 Å². The number of carbonyl (C=O) groups is 2. The van der Waals surface area contributed by atoms with Gasteiger partial charge < -0.3 is 21.3 Å².